The molecule has 0 radical (unpaired) electrons. The highest BCUT2D eigenvalue weighted by Gasteiger charge is 2.33. The van der Waals surface area contributed by atoms with Crippen molar-refractivity contribution in [3.8, 4) is 0 Å². The topological polar surface area (TPSA) is 0 Å². The predicted molar refractivity (Wildman–Crippen MR) is 78.5 cm³/mol. The molecule has 0 aromatic rings. The van der Waals surface area contributed by atoms with E-state index >= 15 is 0 Å². The third-order valence-corrected chi connectivity index (χ3v) is 5.31. The van der Waals surface area contributed by atoms with Crippen LogP contribution in [0.1, 0.15) is 65.2 Å². The van der Waals surface area contributed by atoms with Crippen LogP contribution >= 0.6 is 0 Å². The van der Waals surface area contributed by atoms with Crippen LogP contribution in [0.15, 0.2) is 34.4 Å². The van der Waals surface area contributed by atoms with Gasteiger partial charge in [-0.15, -0.1) is 0 Å². The summed E-state index contributed by atoms with van der Waals surface area (Å²) >= 11 is 0. The van der Waals surface area contributed by atoms with Crippen molar-refractivity contribution in [3.05, 3.63) is 34.4 Å². The van der Waals surface area contributed by atoms with Gasteiger partial charge in [-0.2, -0.15) is 0 Å². The van der Waals surface area contributed by atoms with E-state index in [1.54, 1.807) is 16.7 Å². The molecule has 3 aliphatic rings. The van der Waals surface area contributed by atoms with Gasteiger partial charge in [-0.3, -0.25) is 0 Å². The molecule has 0 spiro atoms. The van der Waals surface area contributed by atoms with E-state index in [1.807, 2.05) is 5.57 Å². The quantitative estimate of drug-likeness (QED) is 0.564. The summed E-state index contributed by atoms with van der Waals surface area (Å²) in [5.41, 5.74) is 7.01. The van der Waals surface area contributed by atoms with E-state index in [9.17, 15) is 0 Å². The van der Waals surface area contributed by atoms with Crippen molar-refractivity contribution in [2.24, 2.45) is 11.8 Å². The number of rotatable bonds is 1. The van der Waals surface area contributed by atoms with E-state index in [-0.39, 0.29) is 0 Å². The van der Waals surface area contributed by atoms with E-state index in [4.69, 9.17) is 0 Å². The average molecular weight is 242 g/mol. The molecule has 3 rings (SSSR count). The van der Waals surface area contributed by atoms with Gasteiger partial charge in [0.1, 0.15) is 0 Å². The highest BCUT2D eigenvalue weighted by Crippen LogP contribution is 2.49. The minimum absolute atomic E-state index is 0.845. The zero-order chi connectivity index (χ0) is 12.5. The van der Waals surface area contributed by atoms with Gasteiger partial charge in [0.05, 0.1) is 0 Å². The Bertz CT molecular complexity index is 419. The lowest BCUT2D eigenvalue weighted by Gasteiger charge is -2.35. The number of hydrogen-bond donors (Lipinski definition) is 0. The van der Waals surface area contributed by atoms with Crippen LogP contribution in [0.2, 0.25) is 0 Å². The molecule has 0 nitrogen and oxygen atoms in total. The Morgan fingerprint density at radius 2 is 2.06 bits per heavy atom. The van der Waals surface area contributed by atoms with Crippen LogP contribution in [0.4, 0.5) is 0 Å². The van der Waals surface area contributed by atoms with Gasteiger partial charge in [0.25, 0.3) is 0 Å². The molecule has 0 aromatic heterocycles. The molecule has 0 saturated carbocycles. The number of hydrogen-bond acceptors (Lipinski definition) is 0. The van der Waals surface area contributed by atoms with E-state index in [2.05, 4.69) is 26.0 Å². The summed E-state index contributed by atoms with van der Waals surface area (Å²) in [7, 11) is 0. The summed E-state index contributed by atoms with van der Waals surface area (Å²) in [5, 5.41) is 0. The third kappa shape index (κ3) is 1.90. The van der Waals surface area contributed by atoms with Gasteiger partial charge in [0.2, 0.25) is 0 Å². The lowest BCUT2D eigenvalue weighted by Crippen LogP contribution is -2.19. The zero-order valence-corrected chi connectivity index (χ0v) is 12.0. The van der Waals surface area contributed by atoms with Crippen molar-refractivity contribution in [2.45, 2.75) is 65.2 Å². The minimum Gasteiger partial charge on any atom is -0.0841 e. The summed E-state index contributed by atoms with van der Waals surface area (Å²) < 4.78 is 0. The first kappa shape index (κ1) is 12.3. The van der Waals surface area contributed by atoms with Crippen molar-refractivity contribution in [1.82, 2.24) is 0 Å². The summed E-state index contributed by atoms with van der Waals surface area (Å²) in [6.45, 7) is 4.62. The summed E-state index contributed by atoms with van der Waals surface area (Å²) in [4.78, 5) is 0. The predicted octanol–water partition coefficient (Wildman–Crippen LogP) is 5.57. The lowest BCUT2D eigenvalue weighted by atomic mass is 9.70. The Labute approximate surface area is 112 Å². The third-order valence-electron chi connectivity index (χ3n) is 5.31. The summed E-state index contributed by atoms with van der Waals surface area (Å²) in [6, 6.07) is 0. The Morgan fingerprint density at radius 3 is 2.83 bits per heavy atom. The van der Waals surface area contributed by atoms with Crippen LogP contribution in [-0.2, 0) is 0 Å². The maximum atomic E-state index is 2.55. The molecule has 0 N–H and O–H groups in total. The fourth-order valence-corrected chi connectivity index (χ4v) is 4.42. The Balaban J connectivity index is 2.15. The Kier molecular flexibility index (Phi) is 3.46. The number of allylic oxidation sites excluding steroid dienone is 6. The van der Waals surface area contributed by atoms with Crippen LogP contribution < -0.4 is 0 Å². The standard InChI is InChI=1S/C18H26/c1-3-13-7-5-8-15-9-6-10-16-12-11-14(4-2)17(13)18(15)16/h4,10,13,15H,3,5-9,11-12H2,1-2H3/b14-4-. The molecule has 0 heterocycles. The molecule has 2 unspecified atom stereocenters. The molecule has 0 aromatic carbocycles. The fraction of sp³-hybridized carbons (Fsp3) is 0.667. The maximum Gasteiger partial charge on any atom is -0.0153 e. The van der Waals surface area contributed by atoms with E-state index in [0.717, 1.165) is 11.8 Å². The van der Waals surface area contributed by atoms with Gasteiger partial charge in [-0.25, -0.2) is 0 Å². The monoisotopic (exact) mass is 242 g/mol. The highest BCUT2D eigenvalue weighted by atomic mass is 14.4. The second kappa shape index (κ2) is 5.07. The molecular formula is C18H26. The molecule has 18 heavy (non-hydrogen) atoms. The van der Waals surface area contributed by atoms with Crippen LogP contribution in [-0.4, -0.2) is 0 Å². The molecule has 0 heteroatoms. The van der Waals surface area contributed by atoms with Gasteiger partial charge in [-0.05, 0) is 86.0 Å². The maximum absolute atomic E-state index is 2.55. The van der Waals surface area contributed by atoms with E-state index in [1.165, 1.54) is 51.4 Å². The van der Waals surface area contributed by atoms with Gasteiger partial charge >= 0.3 is 0 Å². The van der Waals surface area contributed by atoms with Crippen LogP contribution in [0.25, 0.3) is 0 Å². The molecule has 98 valence electrons. The first-order valence-corrected chi connectivity index (χ1v) is 7.94. The molecule has 0 fully saturated rings. The highest BCUT2D eigenvalue weighted by molar-refractivity contribution is 5.52. The van der Waals surface area contributed by atoms with Crippen LogP contribution in [0.5, 0.6) is 0 Å². The Hall–Kier alpha value is -0.780. The molecule has 3 aliphatic carbocycles. The second-order valence-electron chi connectivity index (χ2n) is 6.18. The van der Waals surface area contributed by atoms with Gasteiger partial charge in [0.15, 0.2) is 0 Å². The van der Waals surface area contributed by atoms with Crippen LogP contribution in [0.3, 0.4) is 0 Å². The van der Waals surface area contributed by atoms with Gasteiger partial charge < -0.3 is 0 Å². The molecular weight excluding hydrogens is 216 g/mol. The molecule has 0 amide bonds. The zero-order valence-electron chi connectivity index (χ0n) is 12.0. The van der Waals surface area contributed by atoms with Crippen LogP contribution in [0, 0.1) is 11.8 Å². The smallest absolute Gasteiger partial charge is 0.0153 e. The Morgan fingerprint density at radius 1 is 1.17 bits per heavy atom. The summed E-state index contributed by atoms with van der Waals surface area (Å²) in [6.07, 6.45) is 16.0. The average Bonchev–Trinajstić information content (AvgIpc) is 2.61. The van der Waals surface area contributed by atoms with Crippen molar-refractivity contribution in [1.29, 1.82) is 0 Å². The molecule has 2 atom stereocenters. The van der Waals surface area contributed by atoms with Crippen molar-refractivity contribution in [3.63, 3.8) is 0 Å². The normalized spacial score (nSPS) is 34.1. The largest absolute Gasteiger partial charge is 0.0841 e. The van der Waals surface area contributed by atoms with E-state index < -0.39 is 0 Å². The lowest BCUT2D eigenvalue weighted by molar-refractivity contribution is 0.477. The summed E-state index contributed by atoms with van der Waals surface area (Å²) in [5.74, 6) is 1.74. The fourth-order valence-electron chi connectivity index (χ4n) is 4.42. The van der Waals surface area contributed by atoms with E-state index in [0.29, 0.717) is 0 Å². The molecule has 0 saturated heterocycles. The first-order valence-electron chi connectivity index (χ1n) is 7.94. The second-order valence-corrected chi connectivity index (χ2v) is 6.18. The SMILES string of the molecule is C/C=C1/CCC2=CCCC3CCCC(CC)C1=C23. The molecule has 0 bridgehead atoms. The molecule has 0 aliphatic heterocycles. The minimum atomic E-state index is 0.845. The van der Waals surface area contributed by atoms with Gasteiger partial charge in [-0.1, -0.05) is 25.5 Å². The first-order chi connectivity index (χ1) is 8.85. The van der Waals surface area contributed by atoms with Crippen molar-refractivity contribution < 1.29 is 0 Å². The van der Waals surface area contributed by atoms with Crippen molar-refractivity contribution in [2.75, 3.05) is 0 Å². The van der Waals surface area contributed by atoms with Crippen molar-refractivity contribution >= 4 is 0 Å². The van der Waals surface area contributed by atoms with Gasteiger partial charge in [0, 0.05) is 0 Å².